The maximum atomic E-state index is 12.8. The summed E-state index contributed by atoms with van der Waals surface area (Å²) in [7, 11) is 0. The Balaban J connectivity index is 1.37. The van der Waals surface area contributed by atoms with Gasteiger partial charge in [0.15, 0.2) is 5.43 Å². The Hall–Kier alpha value is -1.83. The van der Waals surface area contributed by atoms with Gasteiger partial charge in [0, 0.05) is 21.6 Å². The van der Waals surface area contributed by atoms with Crippen molar-refractivity contribution in [2.24, 2.45) is 0 Å². The number of fused-ring (bicyclic) bond motifs is 2. The molecule has 7 nitrogen and oxygen atoms in total. The highest BCUT2D eigenvalue weighted by Crippen LogP contribution is 2.46. The molecule has 0 spiro atoms. The Kier molecular flexibility index (Phi) is 6.31. The molecule has 0 saturated carbocycles. The van der Waals surface area contributed by atoms with Crippen molar-refractivity contribution in [3.63, 3.8) is 0 Å². The lowest BCUT2D eigenvalue weighted by molar-refractivity contribution is -0.150. The van der Waals surface area contributed by atoms with Crippen LogP contribution in [-0.4, -0.2) is 45.0 Å². The number of carbonyl (C=O) groups excluding carboxylic acids is 2. The number of β-lactam (4-membered cyclic amide) rings is 1. The molecule has 5 rings (SSSR count). The second kappa shape index (κ2) is 9.08. The van der Waals surface area contributed by atoms with Gasteiger partial charge in [-0.05, 0) is 17.5 Å². The fourth-order valence-electron chi connectivity index (χ4n) is 3.54. The summed E-state index contributed by atoms with van der Waals surface area (Å²) in [6.07, 6.45) is 0.176. The zero-order valence-electron chi connectivity index (χ0n) is 16.4. The Morgan fingerprint density at radius 2 is 2.09 bits per heavy atom. The van der Waals surface area contributed by atoms with E-state index in [4.69, 9.17) is 11.6 Å². The van der Waals surface area contributed by atoms with Crippen LogP contribution in [0.15, 0.2) is 49.3 Å². The zero-order valence-corrected chi connectivity index (χ0v) is 21.2. The Morgan fingerprint density at radius 1 is 1.27 bits per heavy atom. The molecule has 3 aromatic heterocycles. The topological polar surface area (TPSA) is 104 Å². The molecule has 33 heavy (non-hydrogen) atoms. The highest BCUT2D eigenvalue weighted by molar-refractivity contribution is 8.07. The van der Waals surface area contributed by atoms with E-state index < -0.39 is 23.3 Å². The van der Waals surface area contributed by atoms with Crippen LogP contribution in [0.4, 0.5) is 0 Å². The van der Waals surface area contributed by atoms with Gasteiger partial charge in [-0.3, -0.25) is 19.3 Å². The smallest absolute Gasteiger partial charge is 0.353 e. The average molecular weight is 557 g/mol. The summed E-state index contributed by atoms with van der Waals surface area (Å²) in [4.78, 5) is 52.2. The molecule has 2 atom stereocenters. The van der Waals surface area contributed by atoms with Crippen LogP contribution in [0.5, 0.6) is 0 Å². The lowest BCUT2D eigenvalue weighted by atomic mass is 10.0. The number of amides is 2. The van der Waals surface area contributed by atoms with E-state index in [9.17, 15) is 24.3 Å². The van der Waals surface area contributed by atoms with Crippen LogP contribution in [0, 0.1) is 0 Å². The highest BCUT2D eigenvalue weighted by atomic mass is 35.5. The molecule has 1 unspecified atom stereocenters. The van der Waals surface area contributed by atoms with E-state index in [0.29, 0.717) is 24.6 Å². The summed E-state index contributed by atoms with van der Waals surface area (Å²) in [5.41, 5.74) is -0.275. The number of thioether (sulfide) groups is 2. The lowest BCUT2D eigenvalue weighted by Crippen LogP contribution is -2.70. The number of hydrogen-bond acceptors (Lipinski definition) is 9. The van der Waals surface area contributed by atoms with Crippen molar-refractivity contribution in [3.05, 3.63) is 59.7 Å². The van der Waals surface area contributed by atoms with E-state index in [-0.39, 0.29) is 23.5 Å². The van der Waals surface area contributed by atoms with Crippen molar-refractivity contribution < 1.29 is 19.5 Å². The van der Waals surface area contributed by atoms with Gasteiger partial charge in [0.25, 0.3) is 5.91 Å². The fourth-order valence-corrected chi connectivity index (χ4v) is 9.87. The van der Waals surface area contributed by atoms with E-state index >= 15 is 0 Å². The number of carbonyl (C=O) groups is 3. The van der Waals surface area contributed by atoms with Gasteiger partial charge in [-0.1, -0.05) is 29.4 Å². The van der Waals surface area contributed by atoms with Crippen molar-refractivity contribution in [3.8, 4) is 0 Å². The molecule has 0 radical (unpaired) electrons. The summed E-state index contributed by atoms with van der Waals surface area (Å²) in [5.74, 6) is -1.59. The van der Waals surface area contributed by atoms with Crippen molar-refractivity contribution in [1.82, 2.24) is 10.2 Å². The molecule has 2 aliphatic heterocycles. The second-order valence-electron chi connectivity index (χ2n) is 7.07. The third kappa shape index (κ3) is 4.35. The number of carboxylic acids is 1. The quantitative estimate of drug-likeness (QED) is 0.441. The molecule has 0 aromatic carbocycles. The molecule has 1 fully saturated rings. The number of nitrogens with one attached hydrogen (secondary N) is 1. The Labute approximate surface area is 212 Å². The zero-order chi connectivity index (χ0) is 23.3. The largest absolute Gasteiger partial charge is 0.477 e. The molecule has 3 aromatic rings. The Bertz CT molecular complexity index is 1380. The summed E-state index contributed by atoms with van der Waals surface area (Å²) in [6.45, 7) is 0. The molecule has 0 aliphatic carbocycles. The molecule has 170 valence electrons. The van der Waals surface area contributed by atoms with Gasteiger partial charge in [0.05, 0.1) is 24.4 Å². The fraction of sp³-hybridized carbons (Fsp3) is 0.200. The van der Waals surface area contributed by atoms with Crippen LogP contribution in [0.25, 0.3) is 9.40 Å². The number of aliphatic carboxylic acids is 1. The summed E-state index contributed by atoms with van der Waals surface area (Å²) in [6, 6.07) is 6.03. The lowest BCUT2D eigenvalue weighted by Gasteiger charge is -2.49. The van der Waals surface area contributed by atoms with Gasteiger partial charge < -0.3 is 10.4 Å². The number of hydrogen-bond donors (Lipinski definition) is 2. The van der Waals surface area contributed by atoms with E-state index in [1.807, 2.05) is 17.5 Å². The molecule has 1 saturated heterocycles. The third-order valence-corrected chi connectivity index (χ3v) is 11.0. The number of thiophene rings is 2. The molecule has 13 heteroatoms. The van der Waals surface area contributed by atoms with Crippen molar-refractivity contribution in [2.45, 2.75) is 22.0 Å². The minimum Gasteiger partial charge on any atom is -0.477 e. The van der Waals surface area contributed by atoms with Gasteiger partial charge in [0.1, 0.15) is 17.1 Å². The normalized spacial score (nSPS) is 20.0. The van der Waals surface area contributed by atoms with Crippen LogP contribution in [0.1, 0.15) is 4.88 Å². The summed E-state index contributed by atoms with van der Waals surface area (Å²) >= 11 is 12.7. The second-order valence-corrected chi connectivity index (χ2v) is 13.6. The molecule has 2 N–H and O–H groups in total. The maximum absolute atomic E-state index is 12.8. The van der Waals surface area contributed by atoms with E-state index in [1.54, 1.807) is 6.07 Å². The van der Waals surface area contributed by atoms with Gasteiger partial charge in [0.2, 0.25) is 5.91 Å². The maximum Gasteiger partial charge on any atom is 0.353 e. The molecule has 2 amide bonds. The molecule has 2 aliphatic rings. The third-order valence-electron chi connectivity index (χ3n) is 4.97. The predicted octanol–water partition coefficient (Wildman–Crippen LogP) is 4.07. The van der Waals surface area contributed by atoms with Gasteiger partial charge in [-0.15, -0.1) is 45.8 Å². The average Bonchev–Trinajstić information content (AvgIpc) is 3.40. The van der Waals surface area contributed by atoms with Crippen molar-refractivity contribution in [2.75, 3.05) is 5.75 Å². The number of halogens is 1. The first-order valence-electron chi connectivity index (χ1n) is 9.45. The van der Waals surface area contributed by atoms with Crippen LogP contribution in [0.2, 0.25) is 4.34 Å². The standard InChI is InChI=1S/C20H13ClN2O5S5/c21-12-5-9-10(24)6-14(33-20(9)32-12)31-11-7-30-18-15(17(26)23(18)16(11)19(27)28)22-13(25)4-8-2-1-3-29-8/h1-3,5-6,15,18H,4,7H2,(H,22,25)(H,27,28)/t15?,18-/m1/s1. The van der Waals surface area contributed by atoms with E-state index in [1.165, 1.54) is 68.5 Å². The van der Waals surface area contributed by atoms with Crippen LogP contribution < -0.4 is 10.7 Å². The van der Waals surface area contributed by atoms with E-state index in [2.05, 4.69) is 5.32 Å². The van der Waals surface area contributed by atoms with Crippen LogP contribution in [0.3, 0.4) is 0 Å². The predicted molar refractivity (Wildman–Crippen MR) is 135 cm³/mol. The molecular weight excluding hydrogens is 544 g/mol. The van der Waals surface area contributed by atoms with Gasteiger partial charge in [-0.2, -0.15) is 0 Å². The van der Waals surface area contributed by atoms with Crippen molar-refractivity contribution >= 4 is 96.3 Å². The van der Waals surface area contributed by atoms with Gasteiger partial charge >= 0.3 is 5.97 Å². The molecule has 5 heterocycles. The minimum absolute atomic E-state index is 0.0959. The first-order chi connectivity index (χ1) is 15.8. The molecule has 0 bridgehead atoms. The van der Waals surface area contributed by atoms with Crippen molar-refractivity contribution in [1.29, 1.82) is 0 Å². The number of rotatable bonds is 6. The monoisotopic (exact) mass is 556 g/mol. The van der Waals surface area contributed by atoms with Crippen LogP contribution in [-0.2, 0) is 20.8 Å². The number of nitrogens with zero attached hydrogens (tertiary/aromatic N) is 1. The number of carboxylic acid groups (broad SMARTS) is 1. The summed E-state index contributed by atoms with van der Waals surface area (Å²) < 4.78 is 1.91. The first-order valence-corrected chi connectivity index (χ1v) is 14.2. The van der Waals surface area contributed by atoms with E-state index in [0.717, 1.165) is 8.89 Å². The molecular formula is C20H13ClN2O5S5. The SMILES string of the molecule is O=C(Cc1cccs1)NC1C(=O)N2C(C(=O)O)=C(Sc3cc(=O)c4cc(Cl)sc4s3)CS[C@H]12. The van der Waals surface area contributed by atoms with Crippen LogP contribution >= 0.6 is 69.1 Å². The first kappa shape index (κ1) is 22.9. The van der Waals surface area contributed by atoms with Gasteiger partial charge in [-0.25, -0.2) is 4.79 Å². The highest BCUT2D eigenvalue weighted by Gasteiger charge is 2.54. The minimum atomic E-state index is -1.22. The summed E-state index contributed by atoms with van der Waals surface area (Å²) in [5, 5.41) is 14.5. The Morgan fingerprint density at radius 3 is 2.82 bits per heavy atom.